The molecular weight excluding hydrogens is 448 g/mol. The van der Waals surface area contributed by atoms with Gasteiger partial charge in [0, 0.05) is 12.0 Å². The molecule has 1 N–H and O–H groups in total. The maximum atomic E-state index is 14.7. The molecule has 0 radical (unpaired) electrons. The molecule has 0 bridgehead atoms. The maximum Gasteiger partial charge on any atom is 0.256 e. The second-order valence-corrected chi connectivity index (χ2v) is 8.96. The molecule has 0 spiro atoms. The van der Waals surface area contributed by atoms with E-state index in [2.05, 4.69) is 17.4 Å². The molecule has 0 aromatic heterocycles. The molecule has 32 heavy (non-hydrogen) atoms. The first-order chi connectivity index (χ1) is 15.3. The molecule has 3 aromatic rings. The van der Waals surface area contributed by atoms with Crippen LogP contribution in [0, 0.1) is 19.7 Å². The van der Waals surface area contributed by atoms with E-state index in [1.807, 2.05) is 44.2 Å². The van der Waals surface area contributed by atoms with Gasteiger partial charge in [-0.2, -0.15) is 0 Å². The summed E-state index contributed by atoms with van der Waals surface area (Å²) in [5.41, 5.74) is 4.02. The number of benzene rings is 3. The summed E-state index contributed by atoms with van der Waals surface area (Å²) < 4.78 is 20.6. The average Bonchev–Trinajstić information content (AvgIpc) is 3.60. The van der Waals surface area contributed by atoms with E-state index in [0.29, 0.717) is 17.9 Å². The Labute approximate surface area is 197 Å². The van der Waals surface area contributed by atoms with Gasteiger partial charge >= 0.3 is 0 Å². The fraction of sp³-hybridized carbons (Fsp3) is 0.269. The monoisotopic (exact) mass is 471 g/mol. The fourth-order valence-electron chi connectivity index (χ4n) is 3.89. The number of amides is 1. The molecule has 1 aliphatic rings. The summed E-state index contributed by atoms with van der Waals surface area (Å²) in [5.74, 6) is -0.142. The number of anilines is 1. The summed E-state index contributed by atoms with van der Waals surface area (Å²) >= 11 is 12.3. The van der Waals surface area contributed by atoms with Crippen LogP contribution in [0.3, 0.4) is 0 Å². The molecule has 0 unspecified atom stereocenters. The second kappa shape index (κ2) is 9.51. The number of ether oxygens (including phenoxy) is 1. The average molecular weight is 472 g/mol. The molecule has 1 amide bonds. The zero-order valence-corrected chi connectivity index (χ0v) is 19.5. The molecule has 0 saturated heterocycles. The predicted molar refractivity (Wildman–Crippen MR) is 128 cm³/mol. The third kappa shape index (κ3) is 4.92. The lowest BCUT2D eigenvalue weighted by Crippen LogP contribution is -2.16. The summed E-state index contributed by atoms with van der Waals surface area (Å²) in [6.45, 7) is 4.21. The van der Waals surface area contributed by atoms with Crippen LogP contribution in [0.2, 0.25) is 10.0 Å². The molecule has 3 nitrogen and oxygen atoms in total. The lowest BCUT2D eigenvalue weighted by molar-refractivity contribution is 0.102. The topological polar surface area (TPSA) is 38.3 Å². The highest BCUT2D eigenvalue weighted by Gasteiger charge is 2.29. The molecular formula is C26H24Cl2FNO2. The molecule has 166 valence electrons. The molecule has 1 fully saturated rings. The Morgan fingerprint density at radius 3 is 2.34 bits per heavy atom. The van der Waals surface area contributed by atoms with E-state index in [4.69, 9.17) is 27.9 Å². The van der Waals surface area contributed by atoms with Crippen LogP contribution in [0.1, 0.15) is 51.4 Å². The highest BCUT2D eigenvalue weighted by molar-refractivity contribution is 6.43. The quantitative estimate of drug-likeness (QED) is 0.362. The minimum absolute atomic E-state index is 0.0493. The van der Waals surface area contributed by atoms with Gasteiger partial charge in [-0.25, -0.2) is 4.39 Å². The van der Waals surface area contributed by atoms with Gasteiger partial charge in [-0.15, -0.1) is 0 Å². The van der Waals surface area contributed by atoms with E-state index in [1.165, 1.54) is 5.56 Å². The minimum atomic E-state index is -0.717. The van der Waals surface area contributed by atoms with Crippen molar-refractivity contribution in [2.75, 3.05) is 11.9 Å². The largest absolute Gasteiger partial charge is 0.493 e. The zero-order valence-electron chi connectivity index (χ0n) is 18.0. The molecule has 0 heterocycles. The van der Waals surface area contributed by atoms with Crippen LogP contribution in [0.25, 0.3) is 0 Å². The number of carbonyl (C=O) groups is 1. The molecule has 0 atom stereocenters. The number of halogens is 3. The Kier molecular flexibility index (Phi) is 6.73. The van der Waals surface area contributed by atoms with Crippen LogP contribution >= 0.6 is 23.2 Å². The Hall–Kier alpha value is -2.56. The molecule has 0 aliphatic heterocycles. The van der Waals surface area contributed by atoms with Gasteiger partial charge in [-0.05, 0) is 73.1 Å². The minimum Gasteiger partial charge on any atom is -0.493 e. The van der Waals surface area contributed by atoms with Crippen molar-refractivity contribution in [2.24, 2.45) is 0 Å². The Balaban J connectivity index is 1.49. The van der Waals surface area contributed by atoms with E-state index >= 15 is 0 Å². The van der Waals surface area contributed by atoms with Gasteiger partial charge in [0.2, 0.25) is 0 Å². The van der Waals surface area contributed by atoms with Gasteiger partial charge in [0.1, 0.15) is 5.75 Å². The third-order valence-corrected chi connectivity index (χ3v) is 6.53. The first kappa shape index (κ1) is 22.6. The van der Waals surface area contributed by atoms with Crippen LogP contribution in [-0.2, 0) is 6.42 Å². The van der Waals surface area contributed by atoms with Crippen molar-refractivity contribution in [3.63, 3.8) is 0 Å². The van der Waals surface area contributed by atoms with Crippen LogP contribution in [-0.4, -0.2) is 12.5 Å². The molecule has 1 aliphatic carbocycles. The van der Waals surface area contributed by atoms with E-state index in [0.717, 1.165) is 36.0 Å². The van der Waals surface area contributed by atoms with Crippen molar-refractivity contribution in [3.05, 3.63) is 92.2 Å². The molecule has 4 rings (SSSR count). The first-order valence-corrected chi connectivity index (χ1v) is 11.4. The molecule has 3 aromatic carbocycles. The van der Waals surface area contributed by atoms with Gasteiger partial charge in [0.15, 0.2) is 5.82 Å². The summed E-state index contributed by atoms with van der Waals surface area (Å²) in [6.07, 6.45) is 2.76. The van der Waals surface area contributed by atoms with E-state index < -0.39 is 11.7 Å². The standard InChI is InChI=1S/C26H24Cl2FNO2/c1-15-12-19(32-11-10-17-6-4-3-5-7-17)13-16(2)22(15)26(31)30-21-14-20(18-8-9-18)23(27)24(28)25(21)29/h3-7,12-14,18H,8-11H2,1-2H3,(H,30,31). The third-order valence-electron chi connectivity index (χ3n) is 5.68. The Morgan fingerprint density at radius 1 is 1.06 bits per heavy atom. The van der Waals surface area contributed by atoms with Crippen molar-refractivity contribution >= 4 is 34.8 Å². The van der Waals surface area contributed by atoms with Gasteiger partial charge in [-0.1, -0.05) is 53.5 Å². The van der Waals surface area contributed by atoms with E-state index in [1.54, 1.807) is 6.07 Å². The summed E-state index contributed by atoms with van der Waals surface area (Å²) in [4.78, 5) is 13.0. The number of hydrogen-bond acceptors (Lipinski definition) is 2. The number of aryl methyl sites for hydroxylation is 2. The number of carbonyl (C=O) groups excluding carboxylic acids is 1. The first-order valence-electron chi connectivity index (χ1n) is 10.6. The predicted octanol–water partition coefficient (Wildman–Crippen LogP) is 7.50. The highest BCUT2D eigenvalue weighted by atomic mass is 35.5. The van der Waals surface area contributed by atoms with E-state index in [-0.39, 0.29) is 21.7 Å². The molecule has 6 heteroatoms. The van der Waals surface area contributed by atoms with Crippen molar-refractivity contribution in [1.29, 1.82) is 0 Å². The normalized spacial score (nSPS) is 13.2. The van der Waals surface area contributed by atoms with Gasteiger partial charge in [-0.3, -0.25) is 4.79 Å². The Bertz CT molecular complexity index is 1140. The van der Waals surface area contributed by atoms with Crippen molar-refractivity contribution in [1.82, 2.24) is 0 Å². The van der Waals surface area contributed by atoms with Crippen LogP contribution in [0.15, 0.2) is 48.5 Å². The maximum absolute atomic E-state index is 14.7. The zero-order chi connectivity index (χ0) is 22.8. The summed E-state index contributed by atoms with van der Waals surface area (Å²) in [7, 11) is 0. The number of hydrogen-bond donors (Lipinski definition) is 1. The van der Waals surface area contributed by atoms with Crippen LogP contribution in [0.5, 0.6) is 5.75 Å². The second-order valence-electron chi connectivity index (χ2n) is 8.20. The van der Waals surface area contributed by atoms with E-state index in [9.17, 15) is 9.18 Å². The van der Waals surface area contributed by atoms with Gasteiger partial charge < -0.3 is 10.1 Å². The lowest BCUT2D eigenvalue weighted by Gasteiger charge is -2.16. The summed E-state index contributed by atoms with van der Waals surface area (Å²) in [6, 6.07) is 15.4. The molecule has 1 saturated carbocycles. The lowest BCUT2D eigenvalue weighted by atomic mass is 10.0. The highest BCUT2D eigenvalue weighted by Crippen LogP contribution is 2.47. The number of nitrogens with one attached hydrogen (secondary N) is 1. The van der Waals surface area contributed by atoms with Crippen molar-refractivity contribution < 1.29 is 13.9 Å². The smallest absolute Gasteiger partial charge is 0.256 e. The van der Waals surface area contributed by atoms with Gasteiger partial charge in [0.25, 0.3) is 5.91 Å². The van der Waals surface area contributed by atoms with Crippen LogP contribution in [0.4, 0.5) is 10.1 Å². The van der Waals surface area contributed by atoms with Crippen molar-refractivity contribution in [3.8, 4) is 5.75 Å². The Morgan fingerprint density at radius 2 is 1.72 bits per heavy atom. The van der Waals surface area contributed by atoms with Crippen molar-refractivity contribution in [2.45, 2.75) is 39.0 Å². The number of rotatable bonds is 7. The fourth-order valence-corrected chi connectivity index (χ4v) is 4.39. The van der Waals surface area contributed by atoms with Gasteiger partial charge in [0.05, 0.1) is 22.3 Å². The summed E-state index contributed by atoms with van der Waals surface area (Å²) in [5, 5.41) is 2.77. The SMILES string of the molecule is Cc1cc(OCCc2ccccc2)cc(C)c1C(=O)Nc1cc(C2CC2)c(Cl)c(Cl)c1F. The van der Waals surface area contributed by atoms with Crippen LogP contribution < -0.4 is 10.1 Å².